The maximum absolute atomic E-state index is 9.11. The number of benzene rings is 2. The van der Waals surface area contributed by atoms with Crippen molar-refractivity contribution in [1.29, 1.82) is 5.26 Å². The molecule has 168 valence electrons. The Kier molecular flexibility index (Phi) is 6.55. The number of fused-ring (bicyclic) bond motifs is 3. The van der Waals surface area contributed by atoms with Gasteiger partial charge < -0.3 is 5.32 Å². The lowest BCUT2D eigenvalue weighted by molar-refractivity contribution is 0.0292. The van der Waals surface area contributed by atoms with E-state index in [4.69, 9.17) is 15.2 Å². The summed E-state index contributed by atoms with van der Waals surface area (Å²) in [6.07, 6.45) is 2.43. The molecule has 6 heteroatoms. The average Bonchev–Trinajstić information content (AvgIpc) is 2.84. The number of halogens is 1. The van der Waals surface area contributed by atoms with Crippen molar-refractivity contribution in [3.05, 3.63) is 81.7 Å². The summed E-state index contributed by atoms with van der Waals surface area (Å²) in [7, 11) is 0. The van der Waals surface area contributed by atoms with E-state index in [2.05, 4.69) is 62.5 Å². The third-order valence-electron chi connectivity index (χ3n) is 7.03. The van der Waals surface area contributed by atoms with Gasteiger partial charge in [0.05, 0.1) is 17.3 Å². The summed E-state index contributed by atoms with van der Waals surface area (Å²) in [4.78, 5) is 12.3. The van der Waals surface area contributed by atoms with Crippen LogP contribution in [0.15, 0.2) is 59.1 Å². The van der Waals surface area contributed by atoms with Crippen molar-refractivity contribution in [2.24, 2.45) is 5.92 Å². The zero-order valence-electron chi connectivity index (χ0n) is 18.8. The Morgan fingerprint density at radius 1 is 1.15 bits per heavy atom. The van der Waals surface area contributed by atoms with Crippen molar-refractivity contribution in [1.82, 2.24) is 20.2 Å². The van der Waals surface area contributed by atoms with E-state index in [1.54, 1.807) is 0 Å². The Morgan fingerprint density at radius 2 is 2.03 bits per heavy atom. The van der Waals surface area contributed by atoms with Gasteiger partial charge in [-0.15, -0.1) is 0 Å². The smallest absolute Gasteiger partial charge is 0.126 e. The third kappa shape index (κ3) is 4.86. The lowest BCUT2D eigenvalue weighted by Gasteiger charge is -2.50. The largest absolute Gasteiger partial charge is 0.311 e. The first-order valence-corrected chi connectivity index (χ1v) is 12.4. The Morgan fingerprint density at radius 3 is 2.82 bits per heavy atom. The van der Waals surface area contributed by atoms with E-state index in [0.717, 1.165) is 46.8 Å². The van der Waals surface area contributed by atoms with Gasteiger partial charge >= 0.3 is 0 Å². The van der Waals surface area contributed by atoms with E-state index < -0.39 is 0 Å². The van der Waals surface area contributed by atoms with E-state index in [1.165, 1.54) is 30.6 Å². The van der Waals surface area contributed by atoms with Crippen molar-refractivity contribution in [3.63, 3.8) is 0 Å². The second kappa shape index (κ2) is 9.72. The molecule has 0 amide bonds. The molecule has 0 aliphatic carbocycles. The molecule has 1 aromatic heterocycles. The average molecular weight is 502 g/mol. The van der Waals surface area contributed by atoms with Gasteiger partial charge in [-0.1, -0.05) is 46.3 Å². The van der Waals surface area contributed by atoms with Crippen molar-refractivity contribution in [3.8, 4) is 17.3 Å². The Hall–Kier alpha value is -2.59. The highest BCUT2D eigenvalue weighted by atomic mass is 79.9. The second-order valence-corrected chi connectivity index (χ2v) is 10.0. The molecule has 4 heterocycles. The first-order valence-electron chi connectivity index (χ1n) is 11.6. The van der Waals surface area contributed by atoms with E-state index in [0.29, 0.717) is 17.9 Å². The molecule has 6 rings (SSSR count). The summed E-state index contributed by atoms with van der Waals surface area (Å²) in [6, 6.07) is 21.1. The second-order valence-electron chi connectivity index (χ2n) is 9.19. The number of hydrogen-bond acceptors (Lipinski definition) is 5. The van der Waals surface area contributed by atoms with Crippen LogP contribution in [0.5, 0.6) is 0 Å². The molecule has 1 N–H and O–H groups in total. The summed E-state index contributed by atoms with van der Waals surface area (Å²) in [5.41, 5.74) is 5.19. The molecular weight excluding hydrogens is 474 g/mol. The number of rotatable bonds is 6. The highest BCUT2D eigenvalue weighted by Crippen LogP contribution is 2.42. The van der Waals surface area contributed by atoms with Crippen LogP contribution in [0.1, 0.15) is 41.4 Å². The van der Waals surface area contributed by atoms with Gasteiger partial charge in [-0.05, 0) is 62.1 Å². The molecule has 3 saturated heterocycles. The van der Waals surface area contributed by atoms with Gasteiger partial charge in [0.2, 0.25) is 0 Å². The topological polar surface area (TPSA) is 64.8 Å². The van der Waals surface area contributed by atoms with Gasteiger partial charge in [0, 0.05) is 47.3 Å². The van der Waals surface area contributed by atoms with Gasteiger partial charge in [0.15, 0.2) is 0 Å². The third-order valence-corrected chi connectivity index (χ3v) is 7.72. The minimum atomic E-state index is 0.463. The fourth-order valence-electron chi connectivity index (χ4n) is 5.41. The Bertz CT molecular complexity index is 1190. The molecule has 2 bridgehead atoms. The van der Waals surface area contributed by atoms with E-state index >= 15 is 0 Å². The molecule has 3 aromatic rings. The molecule has 4 unspecified atom stereocenters. The van der Waals surface area contributed by atoms with Crippen molar-refractivity contribution < 1.29 is 0 Å². The fraction of sp³-hybridized carbons (Fsp3) is 0.370. The lowest BCUT2D eigenvalue weighted by atomic mass is 9.74. The number of hydrogen-bond donors (Lipinski definition) is 1. The van der Waals surface area contributed by atoms with Crippen LogP contribution in [0.4, 0.5) is 0 Å². The van der Waals surface area contributed by atoms with Crippen LogP contribution in [0, 0.1) is 24.2 Å². The normalized spacial score (nSPS) is 23.9. The highest BCUT2D eigenvalue weighted by molar-refractivity contribution is 9.10. The molecule has 4 atom stereocenters. The van der Waals surface area contributed by atoms with Crippen LogP contribution in [0.25, 0.3) is 11.3 Å². The molecule has 0 radical (unpaired) electrons. The summed E-state index contributed by atoms with van der Waals surface area (Å²) in [5.74, 6) is 1.96. The number of aryl methyl sites for hydroxylation is 1. The molecule has 5 nitrogen and oxygen atoms in total. The first kappa shape index (κ1) is 22.2. The maximum Gasteiger partial charge on any atom is 0.126 e. The summed E-state index contributed by atoms with van der Waals surface area (Å²) in [6.45, 7) is 6.00. The maximum atomic E-state index is 9.11. The predicted octanol–water partition coefficient (Wildman–Crippen LogP) is 5.05. The molecule has 0 spiro atoms. The van der Waals surface area contributed by atoms with Gasteiger partial charge in [-0.2, -0.15) is 5.26 Å². The minimum absolute atomic E-state index is 0.463. The number of piperidine rings is 3. The zero-order chi connectivity index (χ0) is 22.8. The minimum Gasteiger partial charge on any atom is -0.311 e. The zero-order valence-corrected chi connectivity index (χ0v) is 20.4. The number of aromatic nitrogens is 2. The first-order chi connectivity index (χ1) is 16.1. The van der Waals surface area contributed by atoms with Crippen LogP contribution in [-0.2, 0) is 6.54 Å². The van der Waals surface area contributed by atoms with Crippen LogP contribution in [0.2, 0.25) is 0 Å². The molecule has 2 aromatic carbocycles. The van der Waals surface area contributed by atoms with Gasteiger partial charge in [-0.3, -0.25) is 4.90 Å². The number of nitrogens with one attached hydrogen (secondary N) is 1. The van der Waals surface area contributed by atoms with Crippen molar-refractivity contribution in [2.45, 2.75) is 38.3 Å². The van der Waals surface area contributed by atoms with Gasteiger partial charge in [0.1, 0.15) is 5.82 Å². The summed E-state index contributed by atoms with van der Waals surface area (Å²) in [5, 5.41) is 12.7. The van der Waals surface area contributed by atoms with E-state index in [1.807, 2.05) is 31.2 Å². The molecule has 33 heavy (non-hydrogen) atoms. The van der Waals surface area contributed by atoms with Crippen molar-refractivity contribution in [2.75, 3.05) is 19.6 Å². The monoisotopic (exact) mass is 501 g/mol. The Labute approximate surface area is 204 Å². The highest BCUT2D eigenvalue weighted by Gasteiger charge is 2.41. The predicted molar refractivity (Wildman–Crippen MR) is 134 cm³/mol. The standard InChI is InChI=1S/C27H28BrN5/c1-18-31-26(23-7-2-3-8-25(23)28)13-27(32-18)24-17-33-10-9-21(24)12-22(33)16-30-15-20-6-4-5-19(11-20)14-29/h2-8,11,13,21-22,24,30H,9-10,12,15-17H2,1H3. The van der Waals surface area contributed by atoms with Gasteiger partial charge in [0.25, 0.3) is 0 Å². The molecule has 3 aliphatic heterocycles. The molecular formula is C27H28BrN5. The lowest BCUT2D eigenvalue weighted by Crippen LogP contribution is -2.55. The van der Waals surface area contributed by atoms with Crippen LogP contribution < -0.4 is 5.32 Å². The molecule has 3 aliphatic rings. The van der Waals surface area contributed by atoms with Gasteiger partial charge in [-0.25, -0.2) is 9.97 Å². The van der Waals surface area contributed by atoms with Crippen LogP contribution >= 0.6 is 15.9 Å². The SMILES string of the molecule is Cc1nc(-c2ccccc2Br)cc(C2CN3CCC2CC3CNCc2cccc(C#N)c2)n1. The van der Waals surface area contributed by atoms with Crippen LogP contribution in [0.3, 0.4) is 0 Å². The van der Waals surface area contributed by atoms with E-state index in [9.17, 15) is 0 Å². The quantitative estimate of drug-likeness (QED) is 0.511. The summed E-state index contributed by atoms with van der Waals surface area (Å²) < 4.78 is 1.06. The number of nitrogens with zero attached hydrogens (tertiary/aromatic N) is 4. The number of nitriles is 1. The van der Waals surface area contributed by atoms with Crippen LogP contribution in [-0.4, -0.2) is 40.5 Å². The summed E-state index contributed by atoms with van der Waals surface area (Å²) >= 11 is 3.68. The van der Waals surface area contributed by atoms with Crippen molar-refractivity contribution >= 4 is 15.9 Å². The molecule has 0 saturated carbocycles. The molecule has 3 fully saturated rings. The fourth-order valence-corrected chi connectivity index (χ4v) is 5.90. The Balaban J connectivity index is 1.26. The van der Waals surface area contributed by atoms with E-state index in [-0.39, 0.29) is 0 Å².